The molecule has 0 spiro atoms. The molecular weight excluding hydrogens is 178 g/mol. The van der Waals surface area contributed by atoms with Crippen LogP contribution in [0.3, 0.4) is 0 Å². The summed E-state index contributed by atoms with van der Waals surface area (Å²) in [6.07, 6.45) is 6.77. The average molecular weight is 199 g/mol. The fourth-order valence-electron chi connectivity index (χ4n) is 2.34. The zero-order valence-electron chi connectivity index (χ0n) is 8.96. The first kappa shape index (κ1) is 10.4. The first-order valence-electron chi connectivity index (χ1n) is 5.73. The van der Waals surface area contributed by atoms with Crippen LogP contribution in [0.15, 0.2) is 0 Å². The lowest BCUT2D eigenvalue weighted by atomic mass is 9.82. The molecular formula is C11H21NO2. The Morgan fingerprint density at radius 2 is 2.14 bits per heavy atom. The van der Waals surface area contributed by atoms with Gasteiger partial charge in [0, 0.05) is 19.7 Å². The molecule has 82 valence electrons. The maximum absolute atomic E-state index is 10.4. The number of methoxy groups -OCH3 is 1. The van der Waals surface area contributed by atoms with E-state index >= 15 is 0 Å². The molecule has 2 aliphatic carbocycles. The van der Waals surface area contributed by atoms with Gasteiger partial charge in [-0.1, -0.05) is 12.8 Å². The maximum Gasteiger partial charge on any atom is 0.103 e. The second-order valence-corrected chi connectivity index (χ2v) is 4.73. The van der Waals surface area contributed by atoms with Gasteiger partial charge in [0.15, 0.2) is 0 Å². The molecule has 2 rings (SSSR count). The average Bonchev–Trinajstić information content (AvgIpc) is 2.99. The molecule has 2 fully saturated rings. The summed E-state index contributed by atoms with van der Waals surface area (Å²) in [7, 11) is 1.71. The lowest BCUT2D eigenvalue weighted by molar-refractivity contribution is -0.114. The molecule has 3 heteroatoms. The van der Waals surface area contributed by atoms with E-state index in [1.54, 1.807) is 7.11 Å². The fourth-order valence-corrected chi connectivity index (χ4v) is 2.34. The molecule has 3 nitrogen and oxygen atoms in total. The summed E-state index contributed by atoms with van der Waals surface area (Å²) in [5.41, 5.74) is -0.615. The molecule has 0 saturated heterocycles. The summed E-state index contributed by atoms with van der Waals surface area (Å²) < 4.78 is 5.37. The van der Waals surface area contributed by atoms with E-state index in [9.17, 15) is 5.11 Å². The Kier molecular flexibility index (Phi) is 3.10. The molecule has 0 bridgehead atoms. The Morgan fingerprint density at radius 3 is 2.79 bits per heavy atom. The van der Waals surface area contributed by atoms with E-state index in [0.29, 0.717) is 12.6 Å². The molecule has 2 saturated carbocycles. The SMILES string of the molecule is COC1CCCCC1(O)CNC1CC1. The van der Waals surface area contributed by atoms with Crippen LogP contribution in [-0.2, 0) is 4.74 Å². The molecule has 0 amide bonds. The zero-order chi connectivity index (χ0) is 10.0. The van der Waals surface area contributed by atoms with Crippen molar-refractivity contribution in [2.45, 2.75) is 56.3 Å². The van der Waals surface area contributed by atoms with Crippen molar-refractivity contribution < 1.29 is 9.84 Å². The second-order valence-electron chi connectivity index (χ2n) is 4.73. The Morgan fingerprint density at radius 1 is 1.36 bits per heavy atom. The Labute approximate surface area is 85.8 Å². The van der Waals surface area contributed by atoms with Crippen molar-refractivity contribution in [3.8, 4) is 0 Å². The van der Waals surface area contributed by atoms with Gasteiger partial charge < -0.3 is 15.2 Å². The van der Waals surface area contributed by atoms with Gasteiger partial charge >= 0.3 is 0 Å². The van der Waals surface area contributed by atoms with Crippen LogP contribution in [0.4, 0.5) is 0 Å². The predicted molar refractivity (Wildman–Crippen MR) is 55.2 cm³/mol. The molecule has 0 heterocycles. The molecule has 2 unspecified atom stereocenters. The number of nitrogens with one attached hydrogen (secondary N) is 1. The van der Waals surface area contributed by atoms with E-state index in [1.165, 1.54) is 19.3 Å². The van der Waals surface area contributed by atoms with Crippen molar-refractivity contribution in [2.24, 2.45) is 0 Å². The minimum atomic E-state index is -0.615. The molecule has 14 heavy (non-hydrogen) atoms. The van der Waals surface area contributed by atoms with E-state index in [4.69, 9.17) is 4.74 Å². The Balaban J connectivity index is 1.87. The number of hydrogen-bond donors (Lipinski definition) is 2. The summed E-state index contributed by atoms with van der Waals surface area (Å²) in [6, 6.07) is 0.665. The van der Waals surface area contributed by atoms with Gasteiger partial charge in [0.2, 0.25) is 0 Å². The predicted octanol–water partition coefficient (Wildman–Crippen LogP) is 1.06. The van der Waals surface area contributed by atoms with E-state index < -0.39 is 5.60 Å². The Hall–Kier alpha value is -0.120. The number of ether oxygens (including phenoxy) is 1. The van der Waals surface area contributed by atoms with Crippen LogP contribution in [-0.4, -0.2) is 36.5 Å². The molecule has 2 aliphatic rings. The largest absolute Gasteiger partial charge is 0.386 e. The van der Waals surface area contributed by atoms with Crippen LogP contribution < -0.4 is 5.32 Å². The minimum absolute atomic E-state index is 0.0301. The van der Waals surface area contributed by atoms with E-state index in [1.807, 2.05) is 0 Å². The van der Waals surface area contributed by atoms with Gasteiger partial charge in [0.25, 0.3) is 0 Å². The molecule has 0 aliphatic heterocycles. The topological polar surface area (TPSA) is 41.5 Å². The standard InChI is InChI=1S/C11H21NO2/c1-14-10-4-2-3-7-11(10,13)8-12-9-5-6-9/h9-10,12-13H,2-8H2,1H3. The third kappa shape index (κ3) is 2.27. The normalized spacial score (nSPS) is 38.6. The second kappa shape index (κ2) is 4.17. The summed E-state index contributed by atoms with van der Waals surface area (Å²) in [6.45, 7) is 0.705. The van der Waals surface area contributed by atoms with Gasteiger partial charge in [-0.3, -0.25) is 0 Å². The summed E-state index contributed by atoms with van der Waals surface area (Å²) in [4.78, 5) is 0. The number of rotatable bonds is 4. The van der Waals surface area contributed by atoms with Gasteiger partial charge in [0.05, 0.1) is 6.10 Å². The molecule has 0 radical (unpaired) electrons. The van der Waals surface area contributed by atoms with Crippen LogP contribution in [0, 0.1) is 0 Å². The van der Waals surface area contributed by atoms with Crippen molar-refractivity contribution in [2.75, 3.05) is 13.7 Å². The first-order valence-corrected chi connectivity index (χ1v) is 5.73. The van der Waals surface area contributed by atoms with Crippen molar-refractivity contribution in [1.82, 2.24) is 5.32 Å². The molecule has 0 aromatic rings. The third-order valence-corrected chi connectivity index (χ3v) is 3.48. The lowest BCUT2D eigenvalue weighted by Crippen LogP contribution is -2.53. The molecule has 2 N–H and O–H groups in total. The molecule has 0 aromatic carbocycles. The Bertz CT molecular complexity index is 194. The van der Waals surface area contributed by atoms with Crippen molar-refractivity contribution in [3.63, 3.8) is 0 Å². The third-order valence-electron chi connectivity index (χ3n) is 3.48. The van der Waals surface area contributed by atoms with Crippen molar-refractivity contribution in [3.05, 3.63) is 0 Å². The van der Waals surface area contributed by atoms with Crippen molar-refractivity contribution >= 4 is 0 Å². The smallest absolute Gasteiger partial charge is 0.103 e. The molecule has 0 aromatic heterocycles. The maximum atomic E-state index is 10.4. The summed E-state index contributed by atoms with van der Waals surface area (Å²) in [5, 5.41) is 13.8. The fraction of sp³-hybridized carbons (Fsp3) is 1.00. The van der Waals surface area contributed by atoms with Crippen LogP contribution in [0.2, 0.25) is 0 Å². The highest BCUT2D eigenvalue weighted by molar-refractivity contribution is 4.95. The van der Waals surface area contributed by atoms with E-state index in [-0.39, 0.29) is 6.10 Å². The number of hydrogen-bond acceptors (Lipinski definition) is 3. The van der Waals surface area contributed by atoms with Crippen LogP contribution in [0.25, 0.3) is 0 Å². The van der Waals surface area contributed by atoms with Gasteiger partial charge in [-0.2, -0.15) is 0 Å². The van der Waals surface area contributed by atoms with Gasteiger partial charge in [-0.15, -0.1) is 0 Å². The first-order chi connectivity index (χ1) is 6.74. The molecule has 2 atom stereocenters. The van der Waals surface area contributed by atoms with Gasteiger partial charge in [0.1, 0.15) is 5.60 Å². The van der Waals surface area contributed by atoms with Gasteiger partial charge in [-0.25, -0.2) is 0 Å². The van der Waals surface area contributed by atoms with E-state index in [2.05, 4.69) is 5.32 Å². The minimum Gasteiger partial charge on any atom is -0.386 e. The van der Waals surface area contributed by atoms with E-state index in [0.717, 1.165) is 19.3 Å². The number of aliphatic hydroxyl groups is 1. The van der Waals surface area contributed by atoms with Crippen LogP contribution in [0.5, 0.6) is 0 Å². The lowest BCUT2D eigenvalue weighted by Gasteiger charge is -2.39. The van der Waals surface area contributed by atoms with Crippen molar-refractivity contribution in [1.29, 1.82) is 0 Å². The monoisotopic (exact) mass is 199 g/mol. The van der Waals surface area contributed by atoms with Gasteiger partial charge in [-0.05, 0) is 25.7 Å². The quantitative estimate of drug-likeness (QED) is 0.711. The summed E-state index contributed by atoms with van der Waals surface area (Å²) in [5.74, 6) is 0. The highest BCUT2D eigenvalue weighted by atomic mass is 16.5. The highest BCUT2D eigenvalue weighted by Crippen LogP contribution is 2.31. The highest BCUT2D eigenvalue weighted by Gasteiger charge is 2.40. The summed E-state index contributed by atoms with van der Waals surface area (Å²) >= 11 is 0. The zero-order valence-corrected chi connectivity index (χ0v) is 8.96. The van der Waals surface area contributed by atoms with Crippen LogP contribution >= 0.6 is 0 Å². The van der Waals surface area contributed by atoms with Crippen LogP contribution in [0.1, 0.15) is 38.5 Å².